The van der Waals surface area contributed by atoms with Gasteiger partial charge in [-0.1, -0.05) is 35.3 Å². The van der Waals surface area contributed by atoms with Gasteiger partial charge in [-0.25, -0.2) is 0 Å². The topological polar surface area (TPSA) is 70.7 Å². The second kappa shape index (κ2) is 7.15. The summed E-state index contributed by atoms with van der Waals surface area (Å²) < 4.78 is 5.37. The summed E-state index contributed by atoms with van der Waals surface area (Å²) in [5.74, 6) is -0.466. The number of methoxy groups -OCH3 is 1. The first-order valence-electron chi connectivity index (χ1n) is 9.98. The molecule has 2 N–H and O–H groups in total. The van der Waals surface area contributed by atoms with E-state index in [9.17, 15) is 9.59 Å². The zero-order valence-electron chi connectivity index (χ0n) is 16.4. The van der Waals surface area contributed by atoms with Crippen LogP contribution < -0.4 is 15.4 Å². The normalized spacial score (nSPS) is 27.1. The molecule has 1 spiro atoms. The number of benzene rings is 2. The van der Waals surface area contributed by atoms with E-state index >= 15 is 0 Å². The van der Waals surface area contributed by atoms with Crippen LogP contribution in [-0.4, -0.2) is 36.4 Å². The van der Waals surface area contributed by atoms with Gasteiger partial charge in [0.1, 0.15) is 11.3 Å². The van der Waals surface area contributed by atoms with Crippen LogP contribution in [0.15, 0.2) is 36.4 Å². The molecule has 3 unspecified atom stereocenters. The van der Waals surface area contributed by atoms with Crippen molar-refractivity contribution in [2.45, 2.75) is 30.8 Å². The van der Waals surface area contributed by atoms with E-state index in [0.29, 0.717) is 33.6 Å². The number of carbonyl (C=O) groups is 2. The fourth-order valence-corrected chi connectivity index (χ4v) is 5.81. The largest absolute Gasteiger partial charge is 0.495 e. The van der Waals surface area contributed by atoms with Crippen molar-refractivity contribution in [2.75, 3.05) is 24.3 Å². The number of hydrogen-bond donors (Lipinski definition) is 2. The Morgan fingerprint density at radius 3 is 2.93 bits per heavy atom. The SMILES string of the molecule is COc1ccc(Cl)cc1NC(=O)C1CC2CCCN2C12C(=O)Nc1c(Cl)cccc12. The van der Waals surface area contributed by atoms with Crippen molar-refractivity contribution < 1.29 is 14.3 Å². The second-order valence-electron chi connectivity index (χ2n) is 7.99. The Morgan fingerprint density at radius 1 is 1.30 bits per heavy atom. The molecule has 3 aliphatic rings. The quantitative estimate of drug-likeness (QED) is 0.739. The van der Waals surface area contributed by atoms with Gasteiger partial charge in [-0.05, 0) is 50.1 Å². The predicted octanol–water partition coefficient (Wildman–Crippen LogP) is 4.27. The summed E-state index contributed by atoms with van der Waals surface area (Å²) in [4.78, 5) is 29.2. The van der Waals surface area contributed by atoms with Gasteiger partial charge >= 0.3 is 0 Å². The Bertz CT molecular complexity index is 1060. The molecule has 6 nitrogen and oxygen atoms in total. The Hall–Kier alpha value is -2.28. The number of ether oxygens (including phenoxy) is 1. The highest BCUT2D eigenvalue weighted by Crippen LogP contribution is 2.56. The lowest BCUT2D eigenvalue weighted by Gasteiger charge is -2.36. The summed E-state index contributed by atoms with van der Waals surface area (Å²) in [6.07, 6.45) is 2.58. The standard InChI is InChI=1S/C22H21Cl2N3O3/c1-30-18-8-7-12(23)10-17(18)25-20(28)15-11-13-4-3-9-27(13)22(15)14-5-2-6-16(24)19(14)26-21(22)29/h2,5-8,10,13,15H,3-4,9,11H2,1H3,(H,25,28)(H,26,29). The number of carbonyl (C=O) groups excluding carboxylic acids is 2. The maximum Gasteiger partial charge on any atom is 0.250 e. The molecule has 156 valence electrons. The summed E-state index contributed by atoms with van der Waals surface area (Å²) in [7, 11) is 1.54. The van der Waals surface area contributed by atoms with Gasteiger partial charge in [-0.3, -0.25) is 14.5 Å². The van der Waals surface area contributed by atoms with Gasteiger partial charge in [0, 0.05) is 16.6 Å². The van der Waals surface area contributed by atoms with Crippen LogP contribution in [-0.2, 0) is 15.1 Å². The van der Waals surface area contributed by atoms with Gasteiger partial charge in [-0.2, -0.15) is 0 Å². The zero-order chi connectivity index (χ0) is 21.0. The van der Waals surface area contributed by atoms with Crippen LogP contribution in [0.1, 0.15) is 24.8 Å². The Morgan fingerprint density at radius 2 is 2.13 bits per heavy atom. The molecule has 8 heteroatoms. The third-order valence-corrected chi connectivity index (χ3v) is 7.14. The monoisotopic (exact) mass is 445 g/mol. The molecule has 30 heavy (non-hydrogen) atoms. The molecule has 3 atom stereocenters. The van der Waals surface area contributed by atoms with E-state index in [4.69, 9.17) is 27.9 Å². The Kier molecular flexibility index (Phi) is 4.69. The van der Waals surface area contributed by atoms with E-state index in [1.807, 2.05) is 12.1 Å². The first kappa shape index (κ1) is 19.7. The van der Waals surface area contributed by atoms with E-state index in [1.54, 1.807) is 24.3 Å². The first-order valence-corrected chi connectivity index (χ1v) is 10.7. The fourth-order valence-electron chi connectivity index (χ4n) is 5.41. The van der Waals surface area contributed by atoms with E-state index in [-0.39, 0.29) is 17.9 Å². The minimum atomic E-state index is -1.06. The molecule has 3 aliphatic heterocycles. The summed E-state index contributed by atoms with van der Waals surface area (Å²) in [6, 6.07) is 10.7. The number of nitrogens with one attached hydrogen (secondary N) is 2. The zero-order valence-corrected chi connectivity index (χ0v) is 17.9. The lowest BCUT2D eigenvalue weighted by molar-refractivity contribution is -0.135. The van der Waals surface area contributed by atoms with Gasteiger partial charge in [0.05, 0.1) is 29.4 Å². The van der Waals surface area contributed by atoms with Crippen molar-refractivity contribution in [2.24, 2.45) is 5.92 Å². The van der Waals surface area contributed by atoms with Crippen LogP contribution in [0, 0.1) is 5.92 Å². The minimum Gasteiger partial charge on any atom is -0.495 e. The first-order chi connectivity index (χ1) is 14.5. The molecule has 0 aromatic heterocycles. The van der Waals surface area contributed by atoms with Gasteiger partial charge in [0.25, 0.3) is 0 Å². The molecule has 3 heterocycles. The van der Waals surface area contributed by atoms with Gasteiger partial charge in [0.2, 0.25) is 11.8 Å². The van der Waals surface area contributed by atoms with Gasteiger partial charge in [0.15, 0.2) is 0 Å². The van der Waals surface area contributed by atoms with Crippen LogP contribution in [0.5, 0.6) is 5.75 Å². The van der Waals surface area contributed by atoms with Crippen molar-refractivity contribution in [3.05, 3.63) is 52.0 Å². The van der Waals surface area contributed by atoms with E-state index in [1.165, 1.54) is 7.11 Å². The van der Waals surface area contributed by atoms with E-state index < -0.39 is 11.5 Å². The number of amides is 2. The fraction of sp³-hybridized carbons (Fsp3) is 0.364. The Labute approximate surface area is 184 Å². The molecule has 0 aliphatic carbocycles. The second-order valence-corrected chi connectivity index (χ2v) is 8.84. The summed E-state index contributed by atoms with van der Waals surface area (Å²) in [5.41, 5.74) is 0.816. The number of para-hydroxylation sites is 1. The number of rotatable bonds is 3. The van der Waals surface area contributed by atoms with E-state index in [2.05, 4.69) is 15.5 Å². The molecule has 0 bridgehead atoms. The van der Waals surface area contributed by atoms with Crippen molar-refractivity contribution >= 4 is 46.4 Å². The molecular formula is C22H21Cl2N3O3. The maximum atomic E-state index is 13.6. The average Bonchev–Trinajstić information content (AvgIpc) is 3.38. The third-order valence-electron chi connectivity index (χ3n) is 6.59. The number of fused-ring (bicyclic) bond motifs is 4. The van der Waals surface area contributed by atoms with Crippen molar-refractivity contribution in [1.29, 1.82) is 0 Å². The number of halogens is 2. The molecule has 0 saturated carbocycles. The summed E-state index contributed by atoms with van der Waals surface area (Å²) >= 11 is 12.5. The molecule has 5 rings (SSSR count). The highest BCUT2D eigenvalue weighted by atomic mass is 35.5. The van der Waals surface area contributed by atoms with Crippen molar-refractivity contribution in [3.8, 4) is 5.75 Å². The molecule has 2 saturated heterocycles. The van der Waals surface area contributed by atoms with Gasteiger partial charge < -0.3 is 15.4 Å². The molecular weight excluding hydrogens is 425 g/mol. The predicted molar refractivity (Wildman–Crippen MR) is 116 cm³/mol. The highest BCUT2D eigenvalue weighted by molar-refractivity contribution is 6.35. The molecule has 2 fully saturated rings. The lowest BCUT2D eigenvalue weighted by atomic mass is 9.78. The van der Waals surface area contributed by atoms with Crippen LogP contribution in [0.4, 0.5) is 11.4 Å². The summed E-state index contributed by atoms with van der Waals surface area (Å²) in [6.45, 7) is 0.772. The number of nitrogens with zero attached hydrogens (tertiary/aromatic N) is 1. The molecule has 0 radical (unpaired) electrons. The van der Waals surface area contributed by atoms with Crippen LogP contribution >= 0.6 is 23.2 Å². The summed E-state index contributed by atoms with van der Waals surface area (Å²) in [5, 5.41) is 6.89. The lowest BCUT2D eigenvalue weighted by Crippen LogP contribution is -2.53. The third kappa shape index (κ3) is 2.67. The minimum absolute atomic E-state index is 0.178. The average molecular weight is 446 g/mol. The van der Waals surface area contributed by atoms with Crippen molar-refractivity contribution in [3.63, 3.8) is 0 Å². The maximum absolute atomic E-state index is 13.6. The van der Waals surface area contributed by atoms with Gasteiger partial charge in [-0.15, -0.1) is 0 Å². The smallest absolute Gasteiger partial charge is 0.250 e. The number of anilines is 2. The number of hydrogen-bond acceptors (Lipinski definition) is 4. The Balaban J connectivity index is 1.59. The van der Waals surface area contributed by atoms with Crippen molar-refractivity contribution in [1.82, 2.24) is 4.90 Å². The van der Waals surface area contributed by atoms with Crippen LogP contribution in [0.2, 0.25) is 10.0 Å². The molecule has 2 aromatic carbocycles. The van der Waals surface area contributed by atoms with Crippen LogP contribution in [0.3, 0.4) is 0 Å². The molecule has 2 aromatic rings. The molecule has 2 amide bonds. The highest BCUT2D eigenvalue weighted by Gasteiger charge is 2.65. The van der Waals surface area contributed by atoms with E-state index in [0.717, 1.165) is 24.9 Å². The van der Waals surface area contributed by atoms with Crippen LogP contribution in [0.25, 0.3) is 0 Å².